The Morgan fingerprint density at radius 2 is 1.61 bits per heavy atom. The van der Waals surface area contributed by atoms with Gasteiger partial charge in [-0.3, -0.25) is 0 Å². The van der Waals surface area contributed by atoms with Gasteiger partial charge in [0.25, 0.3) is 0 Å². The molecule has 28 heavy (non-hydrogen) atoms. The molecule has 1 aliphatic heterocycles. The molecule has 0 amide bonds. The van der Waals surface area contributed by atoms with Crippen molar-refractivity contribution in [2.45, 2.75) is 12.2 Å². The molecule has 0 saturated carbocycles. The highest BCUT2D eigenvalue weighted by Crippen LogP contribution is 2.31. The molecule has 0 aromatic heterocycles. The lowest BCUT2D eigenvalue weighted by molar-refractivity contribution is -0.731. The molecular weight excluding hydrogens is 487 g/mol. The van der Waals surface area contributed by atoms with Gasteiger partial charge in [-0.25, -0.2) is 4.39 Å². The van der Waals surface area contributed by atoms with E-state index in [2.05, 4.69) is 43.3 Å². The van der Waals surface area contributed by atoms with Gasteiger partial charge in [-0.05, 0) is 48.0 Å². The number of hydrogen-bond donors (Lipinski definition) is 3. The summed E-state index contributed by atoms with van der Waals surface area (Å²) in [4.78, 5) is 0. The van der Waals surface area contributed by atoms with Crippen molar-refractivity contribution in [2.75, 3.05) is 0 Å². The molecular formula is C22H18Br2FN2O+. The number of nitrogens with two attached hydrogens (primary N) is 1. The molecule has 0 spiro atoms. The van der Waals surface area contributed by atoms with E-state index in [1.54, 1.807) is 24.3 Å². The van der Waals surface area contributed by atoms with Crippen LogP contribution in [0.4, 0.5) is 4.39 Å². The fourth-order valence-electron chi connectivity index (χ4n) is 3.41. The van der Waals surface area contributed by atoms with Crippen molar-refractivity contribution in [1.82, 2.24) is 5.32 Å². The maximum atomic E-state index is 14.5. The highest BCUT2D eigenvalue weighted by Gasteiger charge is 2.30. The number of aromatic hydroxyl groups is 1. The summed E-state index contributed by atoms with van der Waals surface area (Å²) < 4.78 is 16.4. The number of rotatable bonds is 3. The summed E-state index contributed by atoms with van der Waals surface area (Å²) in [6.45, 7) is 0. The van der Waals surface area contributed by atoms with Gasteiger partial charge in [-0.2, -0.15) is 0 Å². The quantitative estimate of drug-likeness (QED) is 0.470. The summed E-state index contributed by atoms with van der Waals surface area (Å²) in [5.41, 5.74) is 3.24. The Morgan fingerprint density at radius 1 is 0.893 bits per heavy atom. The molecule has 0 saturated heterocycles. The van der Waals surface area contributed by atoms with Crippen LogP contribution in [0.15, 0.2) is 81.8 Å². The lowest BCUT2D eigenvalue weighted by atomic mass is 9.98. The first-order valence-corrected chi connectivity index (χ1v) is 10.4. The summed E-state index contributed by atoms with van der Waals surface area (Å²) in [6.07, 6.45) is 1.73. The first-order valence-electron chi connectivity index (χ1n) is 8.83. The zero-order valence-electron chi connectivity index (χ0n) is 14.7. The van der Waals surface area contributed by atoms with Gasteiger partial charge >= 0.3 is 0 Å². The molecule has 1 aliphatic rings. The number of nitrogens with one attached hydrogen (secondary N) is 1. The van der Waals surface area contributed by atoms with Gasteiger partial charge in [-0.1, -0.05) is 56.1 Å². The second-order valence-electron chi connectivity index (χ2n) is 6.65. The predicted molar refractivity (Wildman–Crippen MR) is 115 cm³/mol. The molecule has 3 aromatic rings. The molecule has 4 N–H and O–H groups in total. The standard InChI is InChI=1S/C22H17Br2FN2O/c23-14-7-5-13(6-8-14)19-12-20(17-11-15(24)9-10-21(17)28)27-22(26-19)16-3-1-2-4-18(16)25/h1-12,20,22,26-28H/p+1. The van der Waals surface area contributed by atoms with Crippen LogP contribution in [0.5, 0.6) is 5.75 Å². The van der Waals surface area contributed by atoms with Crippen LogP contribution >= 0.6 is 31.9 Å². The average molecular weight is 505 g/mol. The molecule has 4 rings (SSSR count). The number of phenols is 1. The highest BCUT2D eigenvalue weighted by molar-refractivity contribution is 9.10. The van der Waals surface area contributed by atoms with Crippen LogP contribution in [-0.2, 0) is 0 Å². The average Bonchev–Trinajstić information content (AvgIpc) is 2.70. The fraction of sp³-hybridized carbons (Fsp3) is 0.0909. The maximum absolute atomic E-state index is 14.5. The number of benzene rings is 3. The largest absolute Gasteiger partial charge is 0.507 e. The number of quaternary nitrogens is 1. The van der Waals surface area contributed by atoms with Crippen LogP contribution in [0, 0.1) is 5.82 Å². The minimum absolute atomic E-state index is 0.179. The second kappa shape index (κ2) is 8.07. The Bertz CT molecular complexity index is 1040. The molecule has 0 radical (unpaired) electrons. The van der Waals surface area contributed by atoms with Crippen LogP contribution < -0.4 is 10.6 Å². The normalized spacial score (nSPS) is 19.0. The molecule has 142 valence electrons. The van der Waals surface area contributed by atoms with Crippen molar-refractivity contribution in [1.29, 1.82) is 0 Å². The first-order chi connectivity index (χ1) is 13.5. The highest BCUT2D eigenvalue weighted by atomic mass is 79.9. The Balaban J connectivity index is 1.79. The van der Waals surface area contributed by atoms with Crippen molar-refractivity contribution in [3.8, 4) is 5.75 Å². The summed E-state index contributed by atoms with van der Waals surface area (Å²) in [6, 6.07) is 19.9. The van der Waals surface area contributed by atoms with Gasteiger partial charge in [-0.15, -0.1) is 0 Å². The molecule has 0 fully saturated rings. The first kappa shape index (κ1) is 19.2. The van der Waals surface area contributed by atoms with E-state index in [-0.39, 0.29) is 23.8 Å². The van der Waals surface area contributed by atoms with Crippen molar-refractivity contribution < 1.29 is 14.8 Å². The third kappa shape index (κ3) is 3.99. The van der Waals surface area contributed by atoms with E-state index in [1.807, 2.05) is 41.7 Å². The molecule has 3 aromatic carbocycles. The van der Waals surface area contributed by atoms with Crippen molar-refractivity contribution in [3.63, 3.8) is 0 Å². The minimum Gasteiger partial charge on any atom is -0.507 e. The van der Waals surface area contributed by atoms with Crippen LogP contribution in [0.3, 0.4) is 0 Å². The van der Waals surface area contributed by atoms with Crippen molar-refractivity contribution in [3.05, 3.63) is 104 Å². The van der Waals surface area contributed by atoms with E-state index in [1.165, 1.54) is 6.07 Å². The van der Waals surface area contributed by atoms with Gasteiger partial charge in [0.2, 0.25) is 0 Å². The van der Waals surface area contributed by atoms with Crippen LogP contribution in [0.1, 0.15) is 28.9 Å². The molecule has 1 heterocycles. The van der Waals surface area contributed by atoms with Crippen LogP contribution in [-0.4, -0.2) is 5.11 Å². The van der Waals surface area contributed by atoms with E-state index < -0.39 is 0 Å². The van der Waals surface area contributed by atoms with Gasteiger partial charge in [0.15, 0.2) is 6.17 Å². The summed E-state index contributed by atoms with van der Waals surface area (Å²) in [7, 11) is 0. The topological polar surface area (TPSA) is 48.9 Å². The molecule has 0 aliphatic carbocycles. The number of phenolic OH excluding ortho intramolecular Hbond substituents is 1. The van der Waals surface area contributed by atoms with E-state index in [0.717, 1.165) is 25.8 Å². The number of halogens is 3. The summed E-state index contributed by atoms with van der Waals surface area (Å²) in [5.74, 6) is -0.0458. The van der Waals surface area contributed by atoms with E-state index in [9.17, 15) is 9.50 Å². The van der Waals surface area contributed by atoms with Gasteiger partial charge in [0, 0.05) is 20.7 Å². The zero-order valence-corrected chi connectivity index (χ0v) is 17.9. The van der Waals surface area contributed by atoms with E-state index in [4.69, 9.17) is 0 Å². The Hall–Kier alpha value is -2.15. The third-order valence-corrected chi connectivity index (χ3v) is 5.82. The fourth-order valence-corrected chi connectivity index (χ4v) is 4.05. The minimum atomic E-state index is -0.326. The van der Waals surface area contributed by atoms with E-state index in [0.29, 0.717) is 5.56 Å². The smallest absolute Gasteiger partial charge is 0.189 e. The lowest BCUT2D eigenvalue weighted by Crippen LogP contribution is -2.90. The third-order valence-electron chi connectivity index (χ3n) is 4.80. The Kier molecular flexibility index (Phi) is 5.53. The van der Waals surface area contributed by atoms with Crippen molar-refractivity contribution in [2.24, 2.45) is 0 Å². The van der Waals surface area contributed by atoms with Gasteiger partial charge in [0.05, 0.1) is 11.1 Å². The Labute approximate surface area is 179 Å². The lowest BCUT2D eigenvalue weighted by Gasteiger charge is -2.30. The second-order valence-corrected chi connectivity index (χ2v) is 8.48. The van der Waals surface area contributed by atoms with Crippen LogP contribution in [0.25, 0.3) is 5.70 Å². The van der Waals surface area contributed by atoms with E-state index >= 15 is 0 Å². The Morgan fingerprint density at radius 3 is 2.36 bits per heavy atom. The maximum Gasteiger partial charge on any atom is 0.189 e. The van der Waals surface area contributed by atoms with Gasteiger partial charge < -0.3 is 15.7 Å². The monoisotopic (exact) mass is 503 g/mol. The molecule has 3 nitrogen and oxygen atoms in total. The SMILES string of the molecule is Oc1ccc(Br)cc1C1C=C(c2ccc(Br)cc2)NC(c2ccccc2F)[NH2+]1. The van der Waals surface area contributed by atoms with Crippen molar-refractivity contribution >= 4 is 37.6 Å². The molecule has 2 unspecified atom stereocenters. The predicted octanol–water partition coefficient (Wildman–Crippen LogP) is 5.00. The number of hydrogen-bond acceptors (Lipinski definition) is 2. The summed E-state index contributed by atoms with van der Waals surface area (Å²) >= 11 is 6.94. The molecule has 2 atom stereocenters. The van der Waals surface area contributed by atoms with Crippen LogP contribution in [0.2, 0.25) is 0 Å². The zero-order chi connectivity index (χ0) is 19.7. The molecule has 0 bridgehead atoms. The summed E-state index contributed by atoms with van der Waals surface area (Å²) in [5, 5.41) is 15.9. The van der Waals surface area contributed by atoms with Gasteiger partial charge in [0.1, 0.15) is 17.6 Å². The molecule has 6 heteroatoms.